The van der Waals surface area contributed by atoms with Gasteiger partial charge in [-0.3, -0.25) is 4.79 Å². The summed E-state index contributed by atoms with van der Waals surface area (Å²) in [5.41, 5.74) is 0.879. The van der Waals surface area contributed by atoms with Gasteiger partial charge in [0.25, 0.3) is 5.91 Å². The number of thiocarbonyl (C=S) groups is 1. The van der Waals surface area contributed by atoms with Crippen LogP contribution in [0.2, 0.25) is 0 Å². The highest BCUT2D eigenvalue weighted by molar-refractivity contribution is 7.80. The molecule has 0 aliphatic carbocycles. The van der Waals surface area contributed by atoms with Crippen LogP contribution in [0.1, 0.15) is 20.7 Å². The van der Waals surface area contributed by atoms with E-state index < -0.39 is 21.8 Å². The van der Waals surface area contributed by atoms with Crippen molar-refractivity contribution in [1.82, 2.24) is 10.6 Å². The summed E-state index contributed by atoms with van der Waals surface area (Å²) in [6.45, 7) is 0. The number of nitrogens with one attached hydrogen (secondary N) is 3. The maximum Gasteiger partial charge on any atom is 0.339 e. The smallest absolute Gasteiger partial charge is 0.339 e. The summed E-state index contributed by atoms with van der Waals surface area (Å²) in [4.78, 5) is 24.6. The van der Waals surface area contributed by atoms with Crippen LogP contribution < -0.4 is 20.7 Å². The molecule has 0 bridgehead atoms. The molecule has 0 unspecified atom stereocenters. The minimum Gasteiger partial charge on any atom is -0.496 e. The topological polar surface area (TPSA) is 88.7 Å². The number of hydrogen-bond acceptors (Lipinski definition) is 5. The molecule has 3 N–H and O–H groups in total. The van der Waals surface area contributed by atoms with Gasteiger partial charge in [-0.2, -0.15) is 0 Å². The highest BCUT2D eigenvalue weighted by atomic mass is 35.6. The van der Waals surface area contributed by atoms with E-state index in [1.807, 2.05) is 0 Å². The molecule has 0 spiro atoms. The molecule has 0 aliphatic heterocycles. The van der Waals surface area contributed by atoms with Gasteiger partial charge in [-0.1, -0.05) is 59.1 Å². The van der Waals surface area contributed by atoms with E-state index in [4.69, 9.17) is 56.5 Å². The van der Waals surface area contributed by atoms with Crippen LogP contribution in [-0.2, 0) is 4.74 Å². The molecule has 0 aromatic heterocycles. The Balaban J connectivity index is 2.17. The SMILES string of the molecule is COC(=O)c1ccccc1NC(=S)N[C@H](NC(=O)c1ccccc1OC)C(Cl)(Cl)Cl. The van der Waals surface area contributed by atoms with Crippen molar-refractivity contribution in [1.29, 1.82) is 0 Å². The number of methoxy groups -OCH3 is 2. The van der Waals surface area contributed by atoms with Gasteiger partial charge < -0.3 is 25.4 Å². The van der Waals surface area contributed by atoms with E-state index in [1.165, 1.54) is 14.2 Å². The molecular weight excluding hydrogens is 473 g/mol. The van der Waals surface area contributed by atoms with E-state index in [9.17, 15) is 9.59 Å². The summed E-state index contributed by atoms with van der Waals surface area (Å²) in [7, 11) is 2.70. The molecule has 2 aromatic carbocycles. The summed E-state index contributed by atoms with van der Waals surface area (Å²) in [6.07, 6.45) is -1.20. The molecule has 0 fully saturated rings. The zero-order chi connectivity index (χ0) is 22.3. The van der Waals surface area contributed by atoms with E-state index in [0.717, 1.165) is 0 Å². The van der Waals surface area contributed by atoms with Crippen LogP contribution in [0.5, 0.6) is 5.75 Å². The maximum absolute atomic E-state index is 12.7. The number of para-hydroxylation sites is 2. The molecule has 0 saturated heterocycles. The number of hydrogen-bond donors (Lipinski definition) is 3. The minimum absolute atomic E-state index is 0.00278. The molecule has 1 amide bonds. The molecule has 11 heteroatoms. The summed E-state index contributed by atoms with van der Waals surface area (Å²) in [5.74, 6) is -0.747. The summed E-state index contributed by atoms with van der Waals surface area (Å²) >= 11 is 23.3. The normalized spacial score (nSPS) is 11.8. The fraction of sp³-hybridized carbons (Fsp3) is 0.211. The van der Waals surface area contributed by atoms with Crippen molar-refractivity contribution in [2.75, 3.05) is 19.5 Å². The van der Waals surface area contributed by atoms with E-state index >= 15 is 0 Å². The summed E-state index contributed by atoms with van der Waals surface area (Å²) in [6, 6.07) is 13.1. The van der Waals surface area contributed by atoms with Crippen LogP contribution in [0, 0.1) is 0 Å². The Kier molecular flexibility index (Phi) is 8.54. The van der Waals surface area contributed by atoms with Crippen LogP contribution >= 0.6 is 47.0 Å². The molecule has 0 heterocycles. The third kappa shape index (κ3) is 6.37. The molecule has 0 saturated carbocycles. The number of anilines is 1. The maximum atomic E-state index is 12.7. The second-order valence-electron chi connectivity index (χ2n) is 5.78. The van der Waals surface area contributed by atoms with Gasteiger partial charge in [-0.15, -0.1) is 0 Å². The van der Waals surface area contributed by atoms with Crippen molar-refractivity contribution in [2.24, 2.45) is 0 Å². The number of esters is 1. The van der Waals surface area contributed by atoms with Gasteiger partial charge in [-0.25, -0.2) is 4.79 Å². The van der Waals surface area contributed by atoms with Crippen molar-refractivity contribution in [3.63, 3.8) is 0 Å². The first kappa shape index (κ1) is 24.0. The second kappa shape index (κ2) is 10.7. The Morgan fingerprint density at radius 2 is 1.57 bits per heavy atom. The zero-order valence-electron chi connectivity index (χ0n) is 15.9. The molecule has 30 heavy (non-hydrogen) atoms. The Hall–Kier alpha value is -2.26. The zero-order valence-corrected chi connectivity index (χ0v) is 19.0. The van der Waals surface area contributed by atoms with Gasteiger partial charge in [0.05, 0.1) is 31.0 Å². The lowest BCUT2D eigenvalue weighted by Gasteiger charge is -2.28. The predicted molar refractivity (Wildman–Crippen MR) is 122 cm³/mol. The van der Waals surface area contributed by atoms with Crippen LogP contribution in [-0.4, -0.2) is 41.2 Å². The number of carbonyl (C=O) groups excluding carboxylic acids is 2. The summed E-state index contributed by atoms with van der Waals surface area (Å²) < 4.78 is 7.97. The predicted octanol–water partition coefficient (Wildman–Crippen LogP) is 3.89. The van der Waals surface area contributed by atoms with Crippen molar-refractivity contribution >= 4 is 69.7 Å². The van der Waals surface area contributed by atoms with Crippen LogP contribution in [0.3, 0.4) is 0 Å². The Morgan fingerprint density at radius 1 is 0.967 bits per heavy atom. The minimum atomic E-state index is -1.95. The van der Waals surface area contributed by atoms with E-state index in [2.05, 4.69) is 16.0 Å². The first-order valence-electron chi connectivity index (χ1n) is 8.42. The van der Waals surface area contributed by atoms with Gasteiger partial charge in [0.1, 0.15) is 11.9 Å². The molecule has 1 atom stereocenters. The molecule has 2 rings (SSSR count). The third-order valence-corrected chi connectivity index (χ3v) is 4.68. The lowest BCUT2D eigenvalue weighted by Crippen LogP contribution is -2.56. The number of carbonyl (C=O) groups is 2. The highest BCUT2D eigenvalue weighted by Crippen LogP contribution is 2.30. The standard InChI is InChI=1S/C19H18Cl3N3O4S/c1-28-14-10-6-4-8-12(14)15(26)24-17(19(20,21)22)25-18(30)23-13-9-5-3-7-11(13)16(27)29-2/h3-10,17H,1-2H3,(H,24,26)(H2,23,25,30)/t17-/m0/s1. The monoisotopic (exact) mass is 489 g/mol. The number of alkyl halides is 3. The highest BCUT2D eigenvalue weighted by Gasteiger charge is 2.35. The van der Waals surface area contributed by atoms with Crippen molar-refractivity contribution in [3.8, 4) is 5.75 Å². The van der Waals surface area contributed by atoms with Gasteiger partial charge in [0.15, 0.2) is 5.11 Å². The van der Waals surface area contributed by atoms with Crippen LogP contribution in [0.25, 0.3) is 0 Å². The molecule has 7 nitrogen and oxygen atoms in total. The lowest BCUT2D eigenvalue weighted by molar-refractivity contribution is 0.0601. The van der Waals surface area contributed by atoms with E-state index in [1.54, 1.807) is 48.5 Å². The first-order chi connectivity index (χ1) is 14.2. The number of halogens is 3. The van der Waals surface area contributed by atoms with Gasteiger partial charge in [0, 0.05) is 0 Å². The number of ether oxygens (including phenoxy) is 2. The van der Waals surface area contributed by atoms with Crippen molar-refractivity contribution < 1.29 is 19.1 Å². The van der Waals surface area contributed by atoms with Gasteiger partial charge in [0.2, 0.25) is 3.79 Å². The van der Waals surface area contributed by atoms with Crippen LogP contribution in [0.4, 0.5) is 5.69 Å². The van der Waals surface area contributed by atoms with Crippen molar-refractivity contribution in [3.05, 3.63) is 59.7 Å². The molecule has 0 aliphatic rings. The van der Waals surface area contributed by atoms with E-state index in [0.29, 0.717) is 11.4 Å². The quantitative estimate of drug-likeness (QED) is 0.245. The molecule has 2 aromatic rings. The third-order valence-electron chi connectivity index (χ3n) is 3.81. The number of rotatable bonds is 6. The Morgan fingerprint density at radius 3 is 2.17 bits per heavy atom. The number of amides is 1. The Bertz CT molecular complexity index is 937. The first-order valence-corrected chi connectivity index (χ1v) is 9.97. The molecular formula is C19H18Cl3N3O4S. The average molecular weight is 491 g/mol. The van der Waals surface area contributed by atoms with Crippen LogP contribution in [0.15, 0.2) is 48.5 Å². The summed E-state index contributed by atoms with van der Waals surface area (Å²) in [5, 5.41) is 8.13. The molecule has 160 valence electrons. The lowest BCUT2D eigenvalue weighted by atomic mass is 10.2. The van der Waals surface area contributed by atoms with E-state index in [-0.39, 0.29) is 16.2 Å². The van der Waals surface area contributed by atoms with Gasteiger partial charge in [-0.05, 0) is 36.5 Å². The second-order valence-corrected chi connectivity index (χ2v) is 8.56. The number of benzene rings is 2. The fourth-order valence-corrected chi connectivity index (χ4v) is 2.97. The fourth-order valence-electron chi connectivity index (χ4n) is 2.41. The Labute approximate surface area is 194 Å². The largest absolute Gasteiger partial charge is 0.496 e. The van der Waals surface area contributed by atoms with Crippen molar-refractivity contribution in [2.45, 2.75) is 9.96 Å². The van der Waals surface area contributed by atoms with Gasteiger partial charge >= 0.3 is 5.97 Å². The average Bonchev–Trinajstić information content (AvgIpc) is 2.72. The molecule has 0 radical (unpaired) electrons.